The first-order valence-electron chi connectivity index (χ1n) is 5.96. The molecule has 0 aliphatic heterocycles. The Bertz CT molecular complexity index is 342. The van der Waals surface area contributed by atoms with Crippen LogP contribution in [-0.4, -0.2) is 29.0 Å². The fourth-order valence-corrected chi connectivity index (χ4v) is 3.19. The molecule has 1 heterocycles. The van der Waals surface area contributed by atoms with Gasteiger partial charge in [-0.05, 0) is 26.8 Å². The van der Waals surface area contributed by atoms with Gasteiger partial charge < -0.3 is 5.73 Å². The van der Waals surface area contributed by atoms with Gasteiger partial charge in [0.25, 0.3) is 0 Å². The molecule has 0 saturated heterocycles. The third-order valence-electron chi connectivity index (χ3n) is 3.28. The van der Waals surface area contributed by atoms with Crippen LogP contribution in [0.1, 0.15) is 36.4 Å². The van der Waals surface area contributed by atoms with Crippen LogP contribution in [0.25, 0.3) is 0 Å². The van der Waals surface area contributed by atoms with Crippen molar-refractivity contribution in [2.75, 3.05) is 13.6 Å². The van der Waals surface area contributed by atoms with Crippen molar-refractivity contribution in [3.63, 3.8) is 0 Å². The number of aromatic nitrogens is 1. The van der Waals surface area contributed by atoms with Gasteiger partial charge in [0.2, 0.25) is 0 Å². The minimum atomic E-state index is 0.0554. The number of rotatable bonds is 4. The molecule has 0 radical (unpaired) electrons. The summed E-state index contributed by atoms with van der Waals surface area (Å²) in [7, 11) is 2.14. The van der Waals surface area contributed by atoms with E-state index in [0.717, 1.165) is 18.1 Å². The van der Waals surface area contributed by atoms with Crippen LogP contribution in [0.5, 0.6) is 0 Å². The summed E-state index contributed by atoms with van der Waals surface area (Å²) in [5.41, 5.74) is 7.59. The number of hydrogen-bond donors (Lipinski definition) is 1. The standard InChI is InChI=1S/C12H21N3S/c1-10-14-11(8-16-10)7-15(2)9-12(13)5-3-4-6-12/h8H,3-7,9,13H2,1-2H3. The lowest BCUT2D eigenvalue weighted by molar-refractivity contribution is 0.239. The summed E-state index contributed by atoms with van der Waals surface area (Å²) in [6.45, 7) is 3.96. The van der Waals surface area contributed by atoms with E-state index in [1.54, 1.807) is 11.3 Å². The summed E-state index contributed by atoms with van der Waals surface area (Å²) in [6, 6.07) is 0. The number of thiazole rings is 1. The average molecular weight is 239 g/mol. The van der Waals surface area contributed by atoms with Gasteiger partial charge >= 0.3 is 0 Å². The molecule has 0 amide bonds. The zero-order valence-corrected chi connectivity index (χ0v) is 11.0. The molecule has 1 fully saturated rings. The van der Waals surface area contributed by atoms with Crippen LogP contribution in [0.4, 0.5) is 0 Å². The summed E-state index contributed by atoms with van der Waals surface area (Å²) >= 11 is 1.72. The van der Waals surface area contributed by atoms with Crippen molar-refractivity contribution in [1.82, 2.24) is 9.88 Å². The van der Waals surface area contributed by atoms with E-state index in [4.69, 9.17) is 5.73 Å². The van der Waals surface area contributed by atoms with Gasteiger partial charge in [-0.25, -0.2) is 4.98 Å². The van der Waals surface area contributed by atoms with E-state index >= 15 is 0 Å². The molecular weight excluding hydrogens is 218 g/mol. The van der Waals surface area contributed by atoms with Gasteiger partial charge in [0.1, 0.15) is 0 Å². The second kappa shape index (κ2) is 4.82. The van der Waals surface area contributed by atoms with Crippen molar-refractivity contribution < 1.29 is 0 Å². The molecule has 1 aliphatic carbocycles. The number of nitrogens with zero attached hydrogens (tertiary/aromatic N) is 2. The third kappa shape index (κ3) is 3.03. The zero-order valence-electron chi connectivity index (χ0n) is 10.2. The average Bonchev–Trinajstić information content (AvgIpc) is 2.75. The number of hydrogen-bond acceptors (Lipinski definition) is 4. The molecule has 1 aromatic rings. The van der Waals surface area contributed by atoms with Crippen molar-refractivity contribution in [1.29, 1.82) is 0 Å². The molecule has 1 aromatic heterocycles. The topological polar surface area (TPSA) is 42.2 Å². The minimum Gasteiger partial charge on any atom is -0.324 e. The van der Waals surface area contributed by atoms with Crippen LogP contribution in [0, 0.1) is 6.92 Å². The van der Waals surface area contributed by atoms with Crippen LogP contribution in [-0.2, 0) is 6.54 Å². The summed E-state index contributed by atoms with van der Waals surface area (Å²) in [6.07, 6.45) is 4.93. The third-order valence-corrected chi connectivity index (χ3v) is 4.10. The summed E-state index contributed by atoms with van der Waals surface area (Å²) in [4.78, 5) is 6.79. The van der Waals surface area contributed by atoms with E-state index in [9.17, 15) is 0 Å². The lowest BCUT2D eigenvalue weighted by Crippen LogP contribution is -2.46. The highest BCUT2D eigenvalue weighted by molar-refractivity contribution is 7.09. The predicted molar refractivity (Wildman–Crippen MR) is 68.6 cm³/mol. The van der Waals surface area contributed by atoms with Gasteiger partial charge in [-0.15, -0.1) is 11.3 Å². The highest BCUT2D eigenvalue weighted by atomic mass is 32.1. The molecule has 0 spiro atoms. The first-order valence-corrected chi connectivity index (χ1v) is 6.84. The molecular formula is C12H21N3S. The Hall–Kier alpha value is -0.450. The summed E-state index contributed by atoms with van der Waals surface area (Å²) in [5, 5.41) is 3.29. The fraction of sp³-hybridized carbons (Fsp3) is 0.750. The number of aryl methyl sites for hydroxylation is 1. The molecule has 0 bridgehead atoms. The molecule has 1 saturated carbocycles. The monoisotopic (exact) mass is 239 g/mol. The van der Waals surface area contributed by atoms with E-state index < -0.39 is 0 Å². The van der Waals surface area contributed by atoms with Crippen LogP contribution >= 0.6 is 11.3 Å². The predicted octanol–water partition coefficient (Wildman–Crippen LogP) is 2.15. The minimum absolute atomic E-state index is 0.0554. The smallest absolute Gasteiger partial charge is 0.0897 e. The van der Waals surface area contributed by atoms with E-state index in [-0.39, 0.29) is 5.54 Å². The van der Waals surface area contributed by atoms with Crippen molar-refractivity contribution in [2.45, 2.75) is 44.7 Å². The van der Waals surface area contributed by atoms with Gasteiger partial charge in [0, 0.05) is 24.0 Å². The van der Waals surface area contributed by atoms with Crippen LogP contribution < -0.4 is 5.73 Å². The second-order valence-corrected chi connectivity index (χ2v) is 6.16. The van der Waals surface area contributed by atoms with Crippen LogP contribution in [0.3, 0.4) is 0 Å². The molecule has 0 atom stereocenters. The number of likely N-dealkylation sites (N-methyl/N-ethyl adjacent to an activating group) is 1. The maximum Gasteiger partial charge on any atom is 0.0897 e. The van der Waals surface area contributed by atoms with Crippen molar-refractivity contribution in [3.8, 4) is 0 Å². The van der Waals surface area contributed by atoms with Crippen LogP contribution in [0.2, 0.25) is 0 Å². The summed E-state index contributed by atoms with van der Waals surface area (Å²) in [5.74, 6) is 0. The number of nitrogens with two attached hydrogens (primary N) is 1. The van der Waals surface area contributed by atoms with Gasteiger partial charge in [-0.3, -0.25) is 4.90 Å². The lowest BCUT2D eigenvalue weighted by atomic mass is 9.99. The van der Waals surface area contributed by atoms with Crippen LogP contribution in [0.15, 0.2) is 5.38 Å². The first-order chi connectivity index (χ1) is 7.57. The highest BCUT2D eigenvalue weighted by Crippen LogP contribution is 2.28. The Morgan fingerprint density at radius 2 is 2.19 bits per heavy atom. The van der Waals surface area contributed by atoms with Gasteiger partial charge in [-0.1, -0.05) is 12.8 Å². The SMILES string of the molecule is Cc1nc(CN(C)CC2(N)CCCC2)cs1. The maximum absolute atomic E-state index is 6.36. The van der Waals surface area contributed by atoms with E-state index in [1.807, 2.05) is 0 Å². The zero-order chi connectivity index (χ0) is 11.6. The van der Waals surface area contributed by atoms with Gasteiger partial charge in [0.05, 0.1) is 10.7 Å². The molecule has 4 heteroatoms. The molecule has 3 nitrogen and oxygen atoms in total. The Kier molecular flexibility index (Phi) is 3.62. The largest absolute Gasteiger partial charge is 0.324 e. The van der Waals surface area contributed by atoms with Gasteiger partial charge in [0.15, 0.2) is 0 Å². The Labute approximate surface area is 102 Å². The highest BCUT2D eigenvalue weighted by Gasteiger charge is 2.30. The van der Waals surface area contributed by atoms with Gasteiger partial charge in [-0.2, -0.15) is 0 Å². The lowest BCUT2D eigenvalue weighted by Gasteiger charge is -2.29. The molecule has 2 N–H and O–H groups in total. The van der Waals surface area contributed by atoms with E-state index in [0.29, 0.717) is 0 Å². The Morgan fingerprint density at radius 3 is 2.75 bits per heavy atom. The molecule has 2 rings (SSSR count). The van der Waals surface area contributed by atoms with Crippen molar-refractivity contribution >= 4 is 11.3 Å². The Balaban J connectivity index is 1.86. The van der Waals surface area contributed by atoms with E-state index in [1.165, 1.54) is 31.4 Å². The molecule has 0 aromatic carbocycles. The normalized spacial score (nSPS) is 19.5. The van der Waals surface area contributed by atoms with Crippen molar-refractivity contribution in [3.05, 3.63) is 16.1 Å². The summed E-state index contributed by atoms with van der Waals surface area (Å²) < 4.78 is 0. The Morgan fingerprint density at radius 1 is 1.50 bits per heavy atom. The molecule has 90 valence electrons. The molecule has 16 heavy (non-hydrogen) atoms. The maximum atomic E-state index is 6.36. The fourth-order valence-electron chi connectivity index (χ4n) is 2.59. The second-order valence-electron chi connectivity index (χ2n) is 5.10. The van der Waals surface area contributed by atoms with Crippen molar-refractivity contribution in [2.24, 2.45) is 5.73 Å². The molecule has 0 unspecified atom stereocenters. The molecule has 1 aliphatic rings. The van der Waals surface area contributed by atoms with E-state index in [2.05, 4.69) is 29.2 Å². The quantitative estimate of drug-likeness (QED) is 0.875. The first kappa shape index (κ1) is 12.0.